The number of hydrogen-bond donors (Lipinski definition) is 0. The molecular formula is C16H20N2. The summed E-state index contributed by atoms with van der Waals surface area (Å²) in [6.45, 7) is 2.20. The van der Waals surface area contributed by atoms with Crippen LogP contribution in [-0.2, 0) is 6.42 Å². The van der Waals surface area contributed by atoms with Crippen LogP contribution in [0.4, 0.5) is 5.69 Å². The molecule has 0 bridgehead atoms. The Kier molecular flexibility index (Phi) is 3.98. The Morgan fingerprint density at radius 2 is 1.78 bits per heavy atom. The van der Waals surface area contributed by atoms with Crippen LogP contribution in [0.5, 0.6) is 0 Å². The van der Waals surface area contributed by atoms with Gasteiger partial charge in [-0.2, -0.15) is 0 Å². The van der Waals surface area contributed by atoms with Crippen LogP contribution in [0.3, 0.4) is 0 Å². The third-order valence-electron chi connectivity index (χ3n) is 3.04. The normalized spacial score (nSPS) is 10.4. The summed E-state index contributed by atoms with van der Waals surface area (Å²) in [5.74, 6) is 0. The number of pyridine rings is 1. The predicted octanol–water partition coefficient (Wildman–Crippen LogP) is 3.77. The van der Waals surface area contributed by atoms with Crippen LogP contribution in [0.15, 0.2) is 42.6 Å². The highest BCUT2D eigenvalue weighted by atomic mass is 15.1. The standard InChI is InChI=1S/C16H20N2/c1-4-5-13-10-11-17-16(12-13)14-6-8-15(9-7-14)18(2)3/h6-12H,4-5H2,1-3H3. The second-order valence-electron chi connectivity index (χ2n) is 4.74. The molecule has 0 saturated heterocycles. The average molecular weight is 240 g/mol. The Bertz CT molecular complexity index is 501. The van der Waals surface area contributed by atoms with E-state index in [4.69, 9.17) is 0 Å². The van der Waals surface area contributed by atoms with Gasteiger partial charge in [0.05, 0.1) is 5.69 Å². The van der Waals surface area contributed by atoms with Gasteiger partial charge in [-0.25, -0.2) is 0 Å². The van der Waals surface area contributed by atoms with E-state index < -0.39 is 0 Å². The zero-order valence-corrected chi connectivity index (χ0v) is 11.4. The first kappa shape index (κ1) is 12.6. The molecule has 0 N–H and O–H groups in total. The third-order valence-corrected chi connectivity index (χ3v) is 3.04. The molecule has 0 aliphatic carbocycles. The molecule has 0 amide bonds. The van der Waals surface area contributed by atoms with E-state index in [0.29, 0.717) is 0 Å². The van der Waals surface area contributed by atoms with Crippen LogP contribution in [0.25, 0.3) is 11.3 Å². The van der Waals surface area contributed by atoms with Gasteiger partial charge in [0.25, 0.3) is 0 Å². The lowest BCUT2D eigenvalue weighted by molar-refractivity contribution is 0.919. The van der Waals surface area contributed by atoms with Gasteiger partial charge in [0.1, 0.15) is 0 Å². The van der Waals surface area contributed by atoms with Crippen molar-refractivity contribution in [3.8, 4) is 11.3 Å². The van der Waals surface area contributed by atoms with E-state index in [-0.39, 0.29) is 0 Å². The van der Waals surface area contributed by atoms with Crippen molar-refractivity contribution in [2.45, 2.75) is 19.8 Å². The fourth-order valence-corrected chi connectivity index (χ4v) is 2.01. The topological polar surface area (TPSA) is 16.1 Å². The van der Waals surface area contributed by atoms with Crippen molar-refractivity contribution >= 4 is 5.69 Å². The van der Waals surface area contributed by atoms with Crippen molar-refractivity contribution in [2.75, 3.05) is 19.0 Å². The zero-order valence-electron chi connectivity index (χ0n) is 11.4. The maximum Gasteiger partial charge on any atom is 0.0704 e. The summed E-state index contributed by atoms with van der Waals surface area (Å²) in [5.41, 5.74) is 4.81. The average Bonchev–Trinajstić information content (AvgIpc) is 2.39. The molecule has 2 heteroatoms. The Morgan fingerprint density at radius 1 is 1.06 bits per heavy atom. The minimum atomic E-state index is 1.06. The number of nitrogens with zero attached hydrogens (tertiary/aromatic N) is 2. The second-order valence-corrected chi connectivity index (χ2v) is 4.74. The smallest absolute Gasteiger partial charge is 0.0704 e. The lowest BCUT2D eigenvalue weighted by Gasteiger charge is -2.12. The fraction of sp³-hybridized carbons (Fsp3) is 0.312. The number of aryl methyl sites for hydroxylation is 1. The van der Waals surface area contributed by atoms with E-state index >= 15 is 0 Å². The first-order valence-corrected chi connectivity index (χ1v) is 6.43. The maximum absolute atomic E-state index is 4.45. The molecule has 18 heavy (non-hydrogen) atoms. The molecule has 1 heterocycles. The van der Waals surface area contributed by atoms with E-state index in [2.05, 4.69) is 67.3 Å². The monoisotopic (exact) mass is 240 g/mol. The molecule has 1 aromatic heterocycles. The maximum atomic E-state index is 4.45. The molecule has 0 unspecified atom stereocenters. The van der Waals surface area contributed by atoms with Crippen molar-refractivity contribution < 1.29 is 0 Å². The van der Waals surface area contributed by atoms with Crippen molar-refractivity contribution in [1.29, 1.82) is 0 Å². The van der Waals surface area contributed by atoms with E-state index in [1.807, 2.05) is 6.20 Å². The molecular weight excluding hydrogens is 220 g/mol. The van der Waals surface area contributed by atoms with Gasteiger partial charge in [-0.1, -0.05) is 25.5 Å². The number of hydrogen-bond acceptors (Lipinski definition) is 2. The van der Waals surface area contributed by atoms with Gasteiger partial charge >= 0.3 is 0 Å². The molecule has 2 aromatic rings. The minimum Gasteiger partial charge on any atom is -0.378 e. The molecule has 0 saturated carbocycles. The Balaban J connectivity index is 2.27. The number of anilines is 1. The van der Waals surface area contributed by atoms with Crippen molar-refractivity contribution in [3.05, 3.63) is 48.2 Å². The predicted molar refractivity (Wildman–Crippen MR) is 78.0 cm³/mol. The number of benzene rings is 1. The largest absolute Gasteiger partial charge is 0.378 e. The van der Waals surface area contributed by atoms with Crippen LogP contribution < -0.4 is 4.90 Å². The molecule has 2 rings (SSSR count). The second kappa shape index (κ2) is 5.67. The summed E-state index contributed by atoms with van der Waals surface area (Å²) < 4.78 is 0. The van der Waals surface area contributed by atoms with E-state index in [1.165, 1.54) is 23.2 Å². The van der Waals surface area contributed by atoms with E-state index in [9.17, 15) is 0 Å². The van der Waals surface area contributed by atoms with Crippen LogP contribution in [0.1, 0.15) is 18.9 Å². The SMILES string of the molecule is CCCc1ccnc(-c2ccc(N(C)C)cc2)c1. The van der Waals surface area contributed by atoms with Crippen LogP contribution in [0, 0.1) is 0 Å². The molecule has 1 aromatic carbocycles. The van der Waals surface area contributed by atoms with Gasteiger partial charge in [0, 0.05) is 31.5 Å². The van der Waals surface area contributed by atoms with Gasteiger partial charge in [0.15, 0.2) is 0 Å². The molecule has 0 spiro atoms. The molecule has 94 valence electrons. The van der Waals surface area contributed by atoms with Gasteiger partial charge in [-0.05, 0) is 36.2 Å². The Labute approximate surface area is 109 Å². The van der Waals surface area contributed by atoms with Gasteiger partial charge in [0.2, 0.25) is 0 Å². The van der Waals surface area contributed by atoms with Crippen LogP contribution in [0.2, 0.25) is 0 Å². The molecule has 0 aliphatic heterocycles. The first-order valence-electron chi connectivity index (χ1n) is 6.43. The summed E-state index contributed by atoms with van der Waals surface area (Å²) in [7, 11) is 4.10. The lowest BCUT2D eigenvalue weighted by atomic mass is 10.1. The Morgan fingerprint density at radius 3 is 2.39 bits per heavy atom. The molecule has 0 atom stereocenters. The van der Waals surface area contributed by atoms with E-state index in [0.717, 1.165) is 12.1 Å². The molecule has 0 aliphatic rings. The number of rotatable bonds is 4. The quantitative estimate of drug-likeness (QED) is 0.808. The lowest BCUT2D eigenvalue weighted by Crippen LogP contribution is -2.07. The van der Waals surface area contributed by atoms with Crippen LogP contribution >= 0.6 is 0 Å². The van der Waals surface area contributed by atoms with Crippen molar-refractivity contribution in [1.82, 2.24) is 4.98 Å². The van der Waals surface area contributed by atoms with Gasteiger partial charge in [-0.15, -0.1) is 0 Å². The summed E-state index contributed by atoms with van der Waals surface area (Å²) in [6.07, 6.45) is 4.19. The summed E-state index contributed by atoms with van der Waals surface area (Å²) in [5, 5.41) is 0. The highest BCUT2D eigenvalue weighted by molar-refractivity contribution is 5.63. The third kappa shape index (κ3) is 2.89. The summed E-state index contributed by atoms with van der Waals surface area (Å²) in [6, 6.07) is 12.8. The summed E-state index contributed by atoms with van der Waals surface area (Å²) in [4.78, 5) is 6.55. The molecule has 0 fully saturated rings. The Hall–Kier alpha value is -1.83. The van der Waals surface area contributed by atoms with Crippen LogP contribution in [-0.4, -0.2) is 19.1 Å². The summed E-state index contributed by atoms with van der Waals surface area (Å²) >= 11 is 0. The van der Waals surface area contributed by atoms with Crippen molar-refractivity contribution in [3.63, 3.8) is 0 Å². The first-order chi connectivity index (χ1) is 8.70. The van der Waals surface area contributed by atoms with Gasteiger partial charge < -0.3 is 4.90 Å². The molecule has 2 nitrogen and oxygen atoms in total. The van der Waals surface area contributed by atoms with E-state index in [1.54, 1.807) is 0 Å². The highest BCUT2D eigenvalue weighted by Crippen LogP contribution is 2.21. The highest BCUT2D eigenvalue weighted by Gasteiger charge is 2.01. The zero-order chi connectivity index (χ0) is 13.0. The fourth-order valence-electron chi connectivity index (χ4n) is 2.01. The number of aromatic nitrogens is 1. The minimum absolute atomic E-state index is 1.06. The molecule has 0 radical (unpaired) electrons. The van der Waals surface area contributed by atoms with Gasteiger partial charge in [-0.3, -0.25) is 4.98 Å². The van der Waals surface area contributed by atoms with Crippen molar-refractivity contribution in [2.24, 2.45) is 0 Å².